The number of carbonyl (C=O) groups excluding carboxylic acids is 2. The summed E-state index contributed by atoms with van der Waals surface area (Å²) in [6.45, 7) is 4.04. The highest BCUT2D eigenvalue weighted by Crippen LogP contribution is 2.41. The summed E-state index contributed by atoms with van der Waals surface area (Å²) in [5, 5.41) is 4.24. The van der Waals surface area contributed by atoms with Crippen molar-refractivity contribution in [3.05, 3.63) is 17.5 Å². The average Bonchev–Trinajstić information content (AvgIpc) is 3.21. The fraction of sp³-hybridized carbons (Fsp3) is 0.643. The summed E-state index contributed by atoms with van der Waals surface area (Å²) in [7, 11) is 1.90. The summed E-state index contributed by atoms with van der Waals surface area (Å²) in [5.74, 6) is 0.639. The predicted molar refractivity (Wildman–Crippen MR) is 73.3 cm³/mol. The minimum atomic E-state index is 0.0585. The third kappa shape index (κ3) is 2.30. The molecule has 0 spiro atoms. The molecule has 108 valence electrons. The quantitative estimate of drug-likeness (QED) is 0.795. The van der Waals surface area contributed by atoms with E-state index in [1.807, 2.05) is 16.6 Å². The number of nitrogens with zero attached hydrogens (tertiary/aromatic N) is 4. The summed E-state index contributed by atoms with van der Waals surface area (Å²) in [6.07, 6.45) is 3.99. The van der Waals surface area contributed by atoms with Crippen molar-refractivity contribution in [2.75, 3.05) is 26.2 Å². The molecule has 2 aliphatic rings. The lowest BCUT2D eigenvalue weighted by atomic mass is 10.1. The lowest BCUT2D eigenvalue weighted by molar-refractivity contribution is -0.130. The molecule has 1 aromatic heterocycles. The first-order valence-corrected chi connectivity index (χ1v) is 7.14. The summed E-state index contributed by atoms with van der Waals surface area (Å²) in [4.78, 5) is 27.5. The van der Waals surface area contributed by atoms with Crippen LogP contribution in [0.5, 0.6) is 0 Å². The van der Waals surface area contributed by atoms with E-state index in [9.17, 15) is 9.59 Å². The third-order valence-corrected chi connectivity index (χ3v) is 4.19. The van der Waals surface area contributed by atoms with Crippen LogP contribution in [0, 0.1) is 0 Å². The van der Waals surface area contributed by atoms with Crippen molar-refractivity contribution in [3.8, 4) is 0 Å². The molecule has 2 fully saturated rings. The van der Waals surface area contributed by atoms with Crippen molar-refractivity contribution < 1.29 is 9.59 Å². The number of amides is 2. The van der Waals surface area contributed by atoms with Gasteiger partial charge in [0.1, 0.15) is 0 Å². The van der Waals surface area contributed by atoms with Crippen LogP contribution in [0.15, 0.2) is 6.20 Å². The summed E-state index contributed by atoms with van der Waals surface area (Å²) in [5.41, 5.74) is 1.82. The number of hydrogen-bond acceptors (Lipinski definition) is 3. The molecule has 2 amide bonds. The number of aromatic nitrogens is 2. The second-order valence-electron chi connectivity index (χ2n) is 5.64. The topological polar surface area (TPSA) is 58.4 Å². The molecule has 1 saturated carbocycles. The van der Waals surface area contributed by atoms with E-state index < -0.39 is 0 Å². The molecule has 1 saturated heterocycles. The molecule has 6 heteroatoms. The van der Waals surface area contributed by atoms with Crippen molar-refractivity contribution in [2.45, 2.75) is 25.7 Å². The number of carbonyl (C=O) groups is 2. The molecule has 6 nitrogen and oxygen atoms in total. The first-order chi connectivity index (χ1) is 9.58. The van der Waals surface area contributed by atoms with E-state index in [1.165, 1.54) is 0 Å². The van der Waals surface area contributed by atoms with Crippen molar-refractivity contribution in [3.63, 3.8) is 0 Å². The van der Waals surface area contributed by atoms with Crippen LogP contribution < -0.4 is 0 Å². The maximum Gasteiger partial charge on any atom is 0.257 e. The van der Waals surface area contributed by atoms with E-state index in [0.29, 0.717) is 32.1 Å². The summed E-state index contributed by atoms with van der Waals surface area (Å²) < 4.78 is 1.83. The van der Waals surface area contributed by atoms with Gasteiger partial charge in [0, 0.05) is 46.1 Å². The monoisotopic (exact) mass is 276 g/mol. The summed E-state index contributed by atoms with van der Waals surface area (Å²) >= 11 is 0. The van der Waals surface area contributed by atoms with E-state index in [-0.39, 0.29) is 11.8 Å². The Morgan fingerprint density at radius 2 is 1.75 bits per heavy atom. The van der Waals surface area contributed by atoms with Crippen molar-refractivity contribution in [1.29, 1.82) is 0 Å². The Bertz CT molecular complexity index is 539. The minimum absolute atomic E-state index is 0.0585. The molecule has 20 heavy (non-hydrogen) atoms. The zero-order chi connectivity index (χ0) is 14.3. The molecule has 1 aromatic rings. The third-order valence-electron chi connectivity index (χ3n) is 4.19. The van der Waals surface area contributed by atoms with Gasteiger partial charge in [-0.05, 0) is 12.8 Å². The van der Waals surface area contributed by atoms with Gasteiger partial charge in [0.2, 0.25) is 5.91 Å². The second-order valence-corrected chi connectivity index (χ2v) is 5.64. The smallest absolute Gasteiger partial charge is 0.257 e. The summed E-state index contributed by atoms with van der Waals surface area (Å²) in [6, 6.07) is 0. The van der Waals surface area contributed by atoms with Gasteiger partial charge in [0.15, 0.2) is 0 Å². The van der Waals surface area contributed by atoms with Gasteiger partial charge < -0.3 is 9.80 Å². The minimum Gasteiger partial charge on any atom is -0.339 e. The Kier molecular flexibility index (Phi) is 3.23. The van der Waals surface area contributed by atoms with E-state index in [2.05, 4.69) is 5.10 Å². The SMILES string of the molecule is CC(=O)N1CCN(C(=O)c2cnn(C)c2C2CC2)CC1. The largest absolute Gasteiger partial charge is 0.339 e. The second kappa shape index (κ2) is 4.92. The van der Waals surface area contributed by atoms with Crippen LogP contribution in [0.4, 0.5) is 0 Å². The molecule has 0 aromatic carbocycles. The van der Waals surface area contributed by atoms with Crippen LogP contribution in [0.3, 0.4) is 0 Å². The maximum atomic E-state index is 12.6. The lowest BCUT2D eigenvalue weighted by Gasteiger charge is -2.34. The molecule has 1 aliphatic heterocycles. The van der Waals surface area contributed by atoms with Gasteiger partial charge in [-0.15, -0.1) is 0 Å². The van der Waals surface area contributed by atoms with E-state index in [4.69, 9.17) is 0 Å². The van der Waals surface area contributed by atoms with Crippen LogP contribution in [0.25, 0.3) is 0 Å². The standard InChI is InChI=1S/C14H20N4O2/c1-10(19)17-5-7-18(8-6-17)14(20)12-9-15-16(2)13(12)11-3-4-11/h9,11H,3-8H2,1-2H3. The highest BCUT2D eigenvalue weighted by Gasteiger charge is 2.33. The Balaban J connectivity index is 1.72. The Hall–Kier alpha value is -1.85. The molecule has 0 bridgehead atoms. The van der Waals surface area contributed by atoms with Gasteiger partial charge in [0.25, 0.3) is 5.91 Å². The zero-order valence-corrected chi connectivity index (χ0v) is 12.0. The molecule has 0 radical (unpaired) electrons. The van der Waals surface area contributed by atoms with E-state index in [0.717, 1.165) is 24.1 Å². The molecule has 0 unspecified atom stereocenters. The van der Waals surface area contributed by atoms with Crippen LogP contribution in [-0.4, -0.2) is 57.6 Å². The number of piperazine rings is 1. The fourth-order valence-corrected chi connectivity index (χ4v) is 2.85. The highest BCUT2D eigenvalue weighted by molar-refractivity contribution is 5.95. The zero-order valence-electron chi connectivity index (χ0n) is 12.0. The van der Waals surface area contributed by atoms with E-state index in [1.54, 1.807) is 18.0 Å². The first-order valence-electron chi connectivity index (χ1n) is 7.14. The van der Waals surface area contributed by atoms with Crippen LogP contribution >= 0.6 is 0 Å². The molecule has 0 N–H and O–H groups in total. The van der Waals surface area contributed by atoms with Crippen LogP contribution in [0.1, 0.15) is 41.7 Å². The molecular formula is C14H20N4O2. The molecule has 1 aliphatic carbocycles. The lowest BCUT2D eigenvalue weighted by Crippen LogP contribution is -2.50. The number of hydrogen-bond donors (Lipinski definition) is 0. The fourth-order valence-electron chi connectivity index (χ4n) is 2.85. The van der Waals surface area contributed by atoms with Crippen LogP contribution in [0.2, 0.25) is 0 Å². The first kappa shape index (κ1) is 13.1. The Labute approximate surface area is 118 Å². The molecule has 3 rings (SSSR count). The van der Waals surface area contributed by atoms with Gasteiger partial charge in [-0.1, -0.05) is 0 Å². The molecule has 2 heterocycles. The molecule has 0 atom stereocenters. The van der Waals surface area contributed by atoms with Crippen molar-refractivity contribution in [2.24, 2.45) is 7.05 Å². The van der Waals surface area contributed by atoms with Crippen LogP contribution in [-0.2, 0) is 11.8 Å². The normalized spacial score (nSPS) is 19.3. The van der Waals surface area contributed by atoms with E-state index >= 15 is 0 Å². The van der Waals surface area contributed by atoms with Gasteiger partial charge in [-0.2, -0.15) is 5.10 Å². The van der Waals surface area contributed by atoms with Crippen molar-refractivity contribution in [1.82, 2.24) is 19.6 Å². The van der Waals surface area contributed by atoms with Gasteiger partial charge >= 0.3 is 0 Å². The van der Waals surface area contributed by atoms with Gasteiger partial charge in [-0.25, -0.2) is 0 Å². The number of rotatable bonds is 2. The Morgan fingerprint density at radius 3 is 2.30 bits per heavy atom. The average molecular weight is 276 g/mol. The van der Waals surface area contributed by atoms with Gasteiger partial charge in [-0.3, -0.25) is 14.3 Å². The van der Waals surface area contributed by atoms with Crippen molar-refractivity contribution >= 4 is 11.8 Å². The van der Waals surface area contributed by atoms with Gasteiger partial charge in [0.05, 0.1) is 17.5 Å². The maximum absolute atomic E-state index is 12.6. The Morgan fingerprint density at radius 1 is 1.15 bits per heavy atom. The number of aryl methyl sites for hydroxylation is 1. The molecular weight excluding hydrogens is 256 g/mol. The highest BCUT2D eigenvalue weighted by atomic mass is 16.2. The predicted octanol–water partition coefficient (Wildman–Crippen LogP) is 0.602.